The lowest BCUT2D eigenvalue weighted by atomic mass is 9.94. The highest BCUT2D eigenvalue weighted by Crippen LogP contribution is 2.55. The van der Waals surface area contributed by atoms with Crippen molar-refractivity contribution >= 4 is 5.78 Å². The summed E-state index contributed by atoms with van der Waals surface area (Å²) in [7, 11) is 4.16. The van der Waals surface area contributed by atoms with E-state index in [4.69, 9.17) is 18.9 Å². The van der Waals surface area contributed by atoms with E-state index in [1.807, 2.05) is 0 Å². The van der Waals surface area contributed by atoms with Gasteiger partial charge in [-0.1, -0.05) is 12.1 Å². The Bertz CT molecular complexity index is 811. The maximum atomic E-state index is 12.6. The minimum atomic E-state index is -0.587. The molecule has 1 aliphatic rings. The molecule has 0 radical (unpaired) electrons. The SMILES string of the molecule is COc1ccc(C2CC(=O)c3c(OC)c(O)c(OC)c(O)c3O2)cc1. The van der Waals surface area contributed by atoms with Crippen LogP contribution in [-0.2, 0) is 0 Å². The van der Waals surface area contributed by atoms with Gasteiger partial charge in [0.05, 0.1) is 27.8 Å². The van der Waals surface area contributed by atoms with Crippen LogP contribution in [0.4, 0.5) is 0 Å². The summed E-state index contributed by atoms with van der Waals surface area (Å²) in [6.45, 7) is 0. The quantitative estimate of drug-likeness (QED) is 0.879. The molecule has 0 bridgehead atoms. The van der Waals surface area contributed by atoms with E-state index in [1.165, 1.54) is 14.2 Å². The minimum Gasteiger partial charge on any atom is -0.502 e. The van der Waals surface area contributed by atoms with Crippen LogP contribution in [0.3, 0.4) is 0 Å². The van der Waals surface area contributed by atoms with Crippen molar-refractivity contribution in [3.63, 3.8) is 0 Å². The van der Waals surface area contributed by atoms with Gasteiger partial charge in [-0.3, -0.25) is 4.79 Å². The van der Waals surface area contributed by atoms with Crippen LogP contribution >= 0.6 is 0 Å². The Morgan fingerprint density at radius 3 is 2.16 bits per heavy atom. The number of phenolic OH excluding ortho intramolecular Hbond substituents is 2. The van der Waals surface area contributed by atoms with E-state index in [0.717, 1.165) is 5.56 Å². The molecular formula is C18H18O7. The van der Waals surface area contributed by atoms with Gasteiger partial charge in [-0.05, 0) is 17.7 Å². The number of fused-ring (bicyclic) bond motifs is 1. The standard InChI is InChI=1S/C18H18O7/c1-22-10-6-4-9(5-7-10)12-8-11(19)13-16(23-2)14(20)18(24-3)15(21)17(13)25-12/h4-7,12,20-21H,8H2,1-3H3. The minimum absolute atomic E-state index is 0.00283. The van der Waals surface area contributed by atoms with Gasteiger partial charge < -0.3 is 29.2 Å². The Balaban J connectivity index is 2.08. The number of rotatable bonds is 4. The number of benzene rings is 2. The summed E-state index contributed by atoms with van der Waals surface area (Å²) in [5.74, 6) is -0.872. The van der Waals surface area contributed by atoms with E-state index < -0.39 is 17.6 Å². The fraction of sp³-hybridized carbons (Fsp3) is 0.278. The van der Waals surface area contributed by atoms with Crippen molar-refractivity contribution in [2.24, 2.45) is 0 Å². The van der Waals surface area contributed by atoms with Gasteiger partial charge in [-0.2, -0.15) is 0 Å². The van der Waals surface area contributed by atoms with Crippen LogP contribution < -0.4 is 18.9 Å². The van der Waals surface area contributed by atoms with Crippen LogP contribution in [-0.4, -0.2) is 37.3 Å². The molecule has 2 aromatic rings. The molecule has 1 heterocycles. The predicted molar refractivity (Wildman–Crippen MR) is 88.2 cm³/mol. The molecule has 0 amide bonds. The number of methoxy groups -OCH3 is 3. The predicted octanol–water partition coefficient (Wildman–Crippen LogP) is 2.83. The molecule has 0 spiro atoms. The second-order valence-electron chi connectivity index (χ2n) is 5.47. The number of hydrogen-bond donors (Lipinski definition) is 2. The summed E-state index contributed by atoms with van der Waals surface area (Å²) in [6.07, 6.45) is -0.545. The fourth-order valence-electron chi connectivity index (χ4n) is 2.88. The Labute approximate surface area is 144 Å². The van der Waals surface area contributed by atoms with E-state index >= 15 is 0 Å². The Morgan fingerprint density at radius 1 is 0.960 bits per heavy atom. The lowest BCUT2D eigenvalue weighted by molar-refractivity contribution is 0.0833. The Hall–Kier alpha value is -3.09. The topological polar surface area (TPSA) is 94.5 Å². The highest BCUT2D eigenvalue weighted by atomic mass is 16.5. The molecule has 1 unspecified atom stereocenters. The number of carbonyl (C=O) groups is 1. The number of carbonyl (C=O) groups excluding carboxylic acids is 1. The van der Waals surface area contributed by atoms with Crippen molar-refractivity contribution in [1.29, 1.82) is 0 Å². The van der Waals surface area contributed by atoms with E-state index in [0.29, 0.717) is 5.75 Å². The molecule has 25 heavy (non-hydrogen) atoms. The molecule has 0 aromatic heterocycles. The van der Waals surface area contributed by atoms with Gasteiger partial charge in [0.1, 0.15) is 17.4 Å². The molecule has 7 nitrogen and oxygen atoms in total. The zero-order valence-electron chi connectivity index (χ0n) is 14.0. The summed E-state index contributed by atoms with van der Waals surface area (Å²) < 4.78 is 21.1. The second-order valence-corrected chi connectivity index (χ2v) is 5.47. The number of aromatic hydroxyl groups is 2. The average molecular weight is 346 g/mol. The molecule has 2 N–H and O–H groups in total. The third-order valence-electron chi connectivity index (χ3n) is 4.12. The van der Waals surface area contributed by atoms with Crippen molar-refractivity contribution in [2.45, 2.75) is 12.5 Å². The number of ether oxygens (including phenoxy) is 4. The zero-order chi connectivity index (χ0) is 18.1. The molecule has 1 atom stereocenters. The van der Waals surface area contributed by atoms with Gasteiger partial charge in [0.25, 0.3) is 0 Å². The molecule has 0 fully saturated rings. The van der Waals surface area contributed by atoms with E-state index in [9.17, 15) is 15.0 Å². The van der Waals surface area contributed by atoms with Crippen LogP contribution in [0.15, 0.2) is 24.3 Å². The van der Waals surface area contributed by atoms with E-state index in [2.05, 4.69) is 0 Å². The summed E-state index contributed by atoms with van der Waals surface area (Å²) >= 11 is 0. The summed E-state index contributed by atoms with van der Waals surface area (Å²) in [4.78, 5) is 12.6. The summed E-state index contributed by atoms with van der Waals surface area (Å²) in [5, 5.41) is 20.5. The number of phenols is 2. The third kappa shape index (κ3) is 2.67. The van der Waals surface area contributed by atoms with Crippen LogP contribution in [0.25, 0.3) is 0 Å². The summed E-state index contributed by atoms with van der Waals surface area (Å²) in [6, 6.07) is 7.09. The molecule has 1 aliphatic heterocycles. The van der Waals surface area contributed by atoms with Crippen molar-refractivity contribution in [2.75, 3.05) is 21.3 Å². The zero-order valence-corrected chi connectivity index (χ0v) is 14.0. The maximum Gasteiger partial charge on any atom is 0.210 e. The molecule has 2 aromatic carbocycles. The van der Waals surface area contributed by atoms with Crippen LogP contribution in [0, 0.1) is 0 Å². The molecular weight excluding hydrogens is 328 g/mol. The first-order valence-electron chi connectivity index (χ1n) is 7.55. The molecule has 0 saturated carbocycles. The van der Waals surface area contributed by atoms with Crippen molar-refractivity contribution in [3.05, 3.63) is 35.4 Å². The van der Waals surface area contributed by atoms with Crippen molar-refractivity contribution in [1.82, 2.24) is 0 Å². The van der Waals surface area contributed by atoms with Crippen molar-refractivity contribution < 1.29 is 34.0 Å². The maximum absolute atomic E-state index is 12.6. The normalized spacial score (nSPS) is 16.0. The van der Waals surface area contributed by atoms with E-state index in [1.54, 1.807) is 31.4 Å². The van der Waals surface area contributed by atoms with Crippen LogP contribution in [0.1, 0.15) is 28.4 Å². The number of Topliss-reactive ketones (excluding diaryl/α,β-unsaturated/α-hetero) is 1. The lowest BCUT2D eigenvalue weighted by Crippen LogP contribution is -2.21. The van der Waals surface area contributed by atoms with Gasteiger partial charge >= 0.3 is 0 Å². The van der Waals surface area contributed by atoms with Crippen LogP contribution in [0.2, 0.25) is 0 Å². The largest absolute Gasteiger partial charge is 0.502 e. The Morgan fingerprint density at radius 2 is 1.60 bits per heavy atom. The number of hydrogen-bond acceptors (Lipinski definition) is 7. The van der Waals surface area contributed by atoms with Gasteiger partial charge in [-0.15, -0.1) is 0 Å². The molecule has 0 saturated heterocycles. The first-order chi connectivity index (χ1) is 12.0. The number of ketones is 1. The smallest absolute Gasteiger partial charge is 0.210 e. The average Bonchev–Trinajstić information content (AvgIpc) is 2.63. The third-order valence-corrected chi connectivity index (χ3v) is 4.12. The Kier molecular flexibility index (Phi) is 4.31. The van der Waals surface area contributed by atoms with Gasteiger partial charge in [-0.25, -0.2) is 0 Å². The molecule has 0 aliphatic carbocycles. The first-order valence-corrected chi connectivity index (χ1v) is 7.55. The molecule has 3 rings (SSSR count). The van der Waals surface area contributed by atoms with Gasteiger partial charge in [0.2, 0.25) is 17.2 Å². The lowest BCUT2D eigenvalue weighted by Gasteiger charge is -2.28. The van der Waals surface area contributed by atoms with Crippen molar-refractivity contribution in [3.8, 4) is 34.5 Å². The van der Waals surface area contributed by atoms with Gasteiger partial charge in [0.15, 0.2) is 17.3 Å². The fourth-order valence-corrected chi connectivity index (χ4v) is 2.88. The van der Waals surface area contributed by atoms with E-state index in [-0.39, 0.29) is 35.0 Å². The van der Waals surface area contributed by atoms with Gasteiger partial charge in [0, 0.05) is 0 Å². The highest BCUT2D eigenvalue weighted by Gasteiger charge is 2.37. The first kappa shape index (κ1) is 16.8. The summed E-state index contributed by atoms with van der Waals surface area (Å²) in [5.41, 5.74) is 0.758. The highest BCUT2D eigenvalue weighted by molar-refractivity contribution is 6.05. The van der Waals surface area contributed by atoms with Crippen LogP contribution in [0.5, 0.6) is 34.5 Å². The monoisotopic (exact) mass is 346 g/mol. The second kappa shape index (κ2) is 6.43. The molecule has 132 valence electrons. The molecule has 7 heteroatoms.